The third-order valence-electron chi connectivity index (χ3n) is 4.01. The largest absolute Gasteiger partial charge is 0.508 e. The third kappa shape index (κ3) is 2.27. The number of carbonyl (C=O) groups is 3. The maximum Gasteiger partial charge on any atom is 0.340 e. The molecular formula is C16H17N3O5. The number of esters is 1. The van der Waals surface area contributed by atoms with Gasteiger partial charge in [-0.2, -0.15) is 0 Å². The lowest BCUT2D eigenvalue weighted by molar-refractivity contribution is -0.167. The van der Waals surface area contributed by atoms with Crippen molar-refractivity contribution in [1.82, 2.24) is 10.0 Å². The number of nitrogens with zero attached hydrogens (tertiary/aromatic N) is 2. The Morgan fingerprint density at radius 1 is 1.29 bits per heavy atom. The Kier molecular flexibility index (Phi) is 3.88. The van der Waals surface area contributed by atoms with Crippen LogP contribution in [0, 0.1) is 0 Å². The second kappa shape index (κ2) is 5.88. The number of fused-ring (bicyclic) bond motifs is 1. The maximum absolute atomic E-state index is 12.4. The van der Waals surface area contributed by atoms with Gasteiger partial charge < -0.3 is 15.6 Å². The van der Waals surface area contributed by atoms with Crippen molar-refractivity contribution in [3.8, 4) is 5.75 Å². The Hall–Kier alpha value is -3.03. The number of aromatic hydroxyl groups is 1. The summed E-state index contributed by atoms with van der Waals surface area (Å²) in [6, 6.07) is 5.29. The van der Waals surface area contributed by atoms with Crippen LogP contribution in [-0.2, 0) is 19.1 Å². The minimum atomic E-state index is -0.998. The van der Waals surface area contributed by atoms with Crippen LogP contribution < -0.4 is 5.73 Å². The lowest BCUT2D eigenvalue weighted by Gasteiger charge is -2.36. The minimum Gasteiger partial charge on any atom is -0.508 e. The van der Waals surface area contributed by atoms with Gasteiger partial charge in [0.25, 0.3) is 0 Å². The van der Waals surface area contributed by atoms with Crippen LogP contribution in [0.3, 0.4) is 0 Å². The third-order valence-corrected chi connectivity index (χ3v) is 4.01. The second-order valence-electron chi connectivity index (χ2n) is 5.42. The van der Waals surface area contributed by atoms with E-state index in [0.717, 1.165) is 10.0 Å². The van der Waals surface area contributed by atoms with E-state index in [-0.39, 0.29) is 48.4 Å². The SMILES string of the molecule is CCOC(=O)C1=C(N)N2C(=O)CCC(=O)N2C1c1ccccc1O. The molecule has 24 heavy (non-hydrogen) atoms. The van der Waals surface area contributed by atoms with Crippen molar-refractivity contribution in [2.45, 2.75) is 25.8 Å². The highest BCUT2D eigenvalue weighted by Gasteiger charge is 2.50. The average Bonchev–Trinajstić information content (AvgIpc) is 2.86. The Morgan fingerprint density at radius 3 is 2.62 bits per heavy atom. The fourth-order valence-corrected chi connectivity index (χ4v) is 2.98. The molecule has 0 spiro atoms. The van der Waals surface area contributed by atoms with Crippen molar-refractivity contribution >= 4 is 17.8 Å². The molecule has 8 heteroatoms. The van der Waals surface area contributed by atoms with Crippen LogP contribution in [0.5, 0.6) is 5.75 Å². The van der Waals surface area contributed by atoms with E-state index in [0.29, 0.717) is 5.56 Å². The normalized spacial score (nSPS) is 20.5. The van der Waals surface area contributed by atoms with Crippen LogP contribution in [0.25, 0.3) is 0 Å². The summed E-state index contributed by atoms with van der Waals surface area (Å²) < 4.78 is 5.03. The van der Waals surface area contributed by atoms with Crippen molar-refractivity contribution in [3.05, 3.63) is 41.2 Å². The Labute approximate surface area is 138 Å². The first-order valence-corrected chi connectivity index (χ1v) is 7.57. The van der Waals surface area contributed by atoms with Gasteiger partial charge in [0.1, 0.15) is 23.2 Å². The van der Waals surface area contributed by atoms with E-state index in [1.807, 2.05) is 0 Å². The number of phenolic OH excluding ortho intramolecular Hbond substituents is 1. The molecule has 0 radical (unpaired) electrons. The minimum absolute atomic E-state index is 0.0135. The van der Waals surface area contributed by atoms with Gasteiger partial charge >= 0.3 is 5.97 Å². The molecule has 1 aromatic rings. The molecule has 2 aliphatic heterocycles. The molecule has 3 rings (SSSR count). The standard InChI is InChI=1S/C16H17N3O5/c1-2-24-16(23)13-14(9-5-3-4-6-10(9)20)18-11(21)7-8-12(22)19(18)15(13)17/h3-6,14,20H,2,7-8,17H2,1H3. The number of nitrogens with two attached hydrogens (primary N) is 1. The number of para-hydroxylation sites is 1. The Balaban J connectivity index is 2.18. The summed E-state index contributed by atoms with van der Waals surface area (Å²) in [5, 5.41) is 12.3. The van der Waals surface area contributed by atoms with Crippen molar-refractivity contribution in [3.63, 3.8) is 0 Å². The topological polar surface area (TPSA) is 113 Å². The van der Waals surface area contributed by atoms with Crippen LogP contribution in [0.4, 0.5) is 0 Å². The summed E-state index contributed by atoms with van der Waals surface area (Å²) >= 11 is 0. The van der Waals surface area contributed by atoms with E-state index in [1.54, 1.807) is 25.1 Å². The number of rotatable bonds is 3. The van der Waals surface area contributed by atoms with Gasteiger partial charge in [-0.25, -0.2) is 14.8 Å². The number of carbonyl (C=O) groups excluding carboxylic acids is 3. The molecular weight excluding hydrogens is 314 g/mol. The molecule has 1 aromatic carbocycles. The molecule has 8 nitrogen and oxygen atoms in total. The Morgan fingerprint density at radius 2 is 1.96 bits per heavy atom. The molecule has 2 amide bonds. The van der Waals surface area contributed by atoms with E-state index in [9.17, 15) is 19.5 Å². The number of hydrazine groups is 1. The van der Waals surface area contributed by atoms with E-state index < -0.39 is 12.0 Å². The van der Waals surface area contributed by atoms with Gasteiger partial charge in [0.15, 0.2) is 0 Å². The second-order valence-corrected chi connectivity index (χ2v) is 5.42. The number of benzene rings is 1. The molecule has 126 valence electrons. The highest BCUT2D eigenvalue weighted by atomic mass is 16.5. The van der Waals surface area contributed by atoms with Crippen LogP contribution in [0.1, 0.15) is 31.4 Å². The first kappa shape index (κ1) is 15.9. The van der Waals surface area contributed by atoms with Gasteiger partial charge in [-0.05, 0) is 13.0 Å². The van der Waals surface area contributed by atoms with Gasteiger partial charge in [-0.1, -0.05) is 18.2 Å². The molecule has 0 aromatic heterocycles. The first-order chi connectivity index (χ1) is 11.5. The van der Waals surface area contributed by atoms with Crippen LogP contribution >= 0.6 is 0 Å². The summed E-state index contributed by atoms with van der Waals surface area (Å²) in [6.45, 7) is 1.76. The maximum atomic E-state index is 12.4. The lowest BCUT2D eigenvalue weighted by Crippen LogP contribution is -2.51. The highest BCUT2D eigenvalue weighted by Crippen LogP contribution is 2.44. The predicted molar refractivity (Wildman–Crippen MR) is 81.6 cm³/mol. The van der Waals surface area contributed by atoms with Gasteiger partial charge in [0.05, 0.1) is 6.61 Å². The zero-order chi connectivity index (χ0) is 17.4. The molecule has 1 fully saturated rings. The van der Waals surface area contributed by atoms with E-state index in [2.05, 4.69) is 0 Å². The van der Waals surface area contributed by atoms with E-state index in [4.69, 9.17) is 10.5 Å². The molecule has 2 heterocycles. The van der Waals surface area contributed by atoms with Crippen molar-refractivity contribution in [2.75, 3.05) is 6.61 Å². The molecule has 0 bridgehead atoms. The summed E-state index contributed by atoms with van der Waals surface area (Å²) in [5.74, 6) is -1.71. The quantitative estimate of drug-likeness (QED) is 0.782. The van der Waals surface area contributed by atoms with Crippen molar-refractivity contribution < 1.29 is 24.2 Å². The molecule has 0 saturated carbocycles. The van der Waals surface area contributed by atoms with Gasteiger partial charge in [-0.3, -0.25) is 9.59 Å². The average molecular weight is 331 g/mol. The fraction of sp³-hybridized carbons (Fsp3) is 0.312. The fourth-order valence-electron chi connectivity index (χ4n) is 2.98. The molecule has 0 aliphatic carbocycles. The van der Waals surface area contributed by atoms with Gasteiger partial charge in [0.2, 0.25) is 11.8 Å². The number of phenols is 1. The Bertz CT molecular complexity index is 758. The number of hydrogen-bond donors (Lipinski definition) is 2. The number of ether oxygens (including phenoxy) is 1. The first-order valence-electron chi connectivity index (χ1n) is 7.57. The van der Waals surface area contributed by atoms with Gasteiger partial charge in [-0.15, -0.1) is 0 Å². The summed E-state index contributed by atoms with van der Waals surface area (Å²) in [7, 11) is 0. The molecule has 3 N–H and O–H groups in total. The molecule has 1 unspecified atom stereocenters. The molecule has 2 aliphatic rings. The van der Waals surface area contributed by atoms with E-state index in [1.165, 1.54) is 6.07 Å². The summed E-state index contributed by atoms with van der Waals surface area (Å²) in [4.78, 5) is 37.0. The smallest absolute Gasteiger partial charge is 0.340 e. The number of amides is 2. The van der Waals surface area contributed by atoms with Crippen molar-refractivity contribution in [2.24, 2.45) is 5.73 Å². The highest BCUT2D eigenvalue weighted by molar-refractivity contribution is 5.98. The van der Waals surface area contributed by atoms with Gasteiger partial charge in [0, 0.05) is 18.4 Å². The van der Waals surface area contributed by atoms with Crippen LogP contribution in [-0.4, -0.2) is 39.5 Å². The zero-order valence-electron chi connectivity index (χ0n) is 13.1. The van der Waals surface area contributed by atoms with Crippen molar-refractivity contribution in [1.29, 1.82) is 0 Å². The zero-order valence-corrected chi connectivity index (χ0v) is 13.1. The predicted octanol–water partition coefficient (Wildman–Crippen LogP) is 0.546. The van der Waals surface area contributed by atoms with E-state index >= 15 is 0 Å². The monoisotopic (exact) mass is 331 g/mol. The molecule has 1 saturated heterocycles. The van der Waals surface area contributed by atoms with Crippen LogP contribution in [0.2, 0.25) is 0 Å². The van der Waals surface area contributed by atoms with Crippen LogP contribution in [0.15, 0.2) is 35.7 Å². The number of hydrogen-bond acceptors (Lipinski definition) is 6. The lowest BCUT2D eigenvalue weighted by atomic mass is 9.98. The summed E-state index contributed by atoms with van der Waals surface area (Å²) in [5.41, 5.74) is 6.28. The molecule has 1 atom stereocenters. The summed E-state index contributed by atoms with van der Waals surface area (Å²) in [6.07, 6.45) is 0.0302.